The normalized spacial score (nSPS) is 19.4. The molecule has 0 atom stereocenters. The molecular formula is C14H17FN2O. The van der Waals surface area contributed by atoms with Gasteiger partial charge in [-0.15, -0.1) is 0 Å². The number of nitrogens with zero attached hydrogens (tertiary/aromatic N) is 1. The first kappa shape index (κ1) is 11.7. The summed E-state index contributed by atoms with van der Waals surface area (Å²) in [6, 6.07) is 6.90. The van der Waals surface area contributed by atoms with E-state index in [-0.39, 0.29) is 17.6 Å². The Balaban J connectivity index is 1.71. The molecular weight excluding hydrogens is 231 g/mol. The van der Waals surface area contributed by atoms with E-state index in [0.717, 1.165) is 31.5 Å². The van der Waals surface area contributed by atoms with Crippen molar-refractivity contribution in [3.63, 3.8) is 0 Å². The zero-order valence-electron chi connectivity index (χ0n) is 10.2. The second-order valence-electron chi connectivity index (χ2n) is 5.18. The first-order chi connectivity index (χ1) is 8.74. The van der Waals surface area contributed by atoms with Crippen LogP contribution >= 0.6 is 0 Å². The second kappa shape index (κ2) is 4.69. The Hall–Kier alpha value is -1.42. The van der Waals surface area contributed by atoms with Crippen LogP contribution in [0.2, 0.25) is 0 Å². The molecule has 0 radical (unpaired) electrons. The van der Waals surface area contributed by atoms with Gasteiger partial charge >= 0.3 is 0 Å². The lowest BCUT2D eigenvalue weighted by atomic mass is 10.0. The quantitative estimate of drug-likeness (QED) is 0.876. The number of hydrogen-bond donors (Lipinski definition) is 1. The van der Waals surface area contributed by atoms with E-state index in [1.165, 1.54) is 12.1 Å². The van der Waals surface area contributed by atoms with Gasteiger partial charge in [-0.3, -0.25) is 4.79 Å². The highest BCUT2D eigenvalue weighted by molar-refractivity contribution is 5.80. The molecule has 3 rings (SSSR count). The van der Waals surface area contributed by atoms with E-state index >= 15 is 0 Å². The summed E-state index contributed by atoms with van der Waals surface area (Å²) in [5, 5.41) is 3.12. The van der Waals surface area contributed by atoms with Crippen molar-refractivity contribution in [1.29, 1.82) is 0 Å². The highest BCUT2D eigenvalue weighted by Crippen LogP contribution is 2.30. The minimum atomic E-state index is -0.235. The molecule has 2 aliphatic rings. The summed E-state index contributed by atoms with van der Waals surface area (Å²) in [5.74, 6) is 0.112. The van der Waals surface area contributed by atoms with E-state index in [2.05, 4.69) is 5.32 Å². The number of carbonyl (C=O) groups is 1. The van der Waals surface area contributed by atoms with Gasteiger partial charge < -0.3 is 10.2 Å². The number of amides is 1. The van der Waals surface area contributed by atoms with E-state index in [9.17, 15) is 9.18 Å². The van der Waals surface area contributed by atoms with Crippen LogP contribution in [0.4, 0.5) is 4.39 Å². The number of carbonyl (C=O) groups excluding carboxylic acids is 1. The molecule has 1 saturated heterocycles. The molecule has 3 nitrogen and oxygen atoms in total. The standard InChI is InChI=1S/C14H17FN2O/c15-12-3-1-2-10(6-12)9-17(13-4-5-13)14(18)11-7-16-8-11/h1-3,6,11,13,16H,4-5,7-9H2. The molecule has 1 aliphatic heterocycles. The van der Waals surface area contributed by atoms with Gasteiger partial charge in [-0.2, -0.15) is 0 Å². The Bertz CT molecular complexity index is 455. The number of benzene rings is 1. The Morgan fingerprint density at radius 2 is 2.17 bits per heavy atom. The maximum absolute atomic E-state index is 13.2. The Morgan fingerprint density at radius 1 is 1.39 bits per heavy atom. The molecule has 96 valence electrons. The number of halogens is 1. The van der Waals surface area contributed by atoms with Crippen molar-refractivity contribution < 1.29 is 9.18 Å². The van der Waals surface area contributed by atoms with Gasteiger partial charge in [0.05, 0.1) is 5.92 Å². The van der Waals surface area contributed by atoms with Gasteiger partial charge in [0.2, 0.25) is 5.91 Å². The molecule has 0 unspecified atom stereocenters. The van der Waals surface area contributed by atoms with Crippen molar-refractivity contribution in [2.24, 2.45) is 5.92 Å². The van der Waals surface area contributed by atoms with Gasteiger partial charge in [-0.1, -0.05) is 12.1 Å². The zero-order chi connectivity index (χ0) is 12.5. The summed E-state index contributed by atoms with van der Waals surface area (Å²) in [6.07, 6.45) is 2.17. The van der Waals surface area contributed by atoms with Crippen molar-refractivity contribution in [3.05, 3.63) is 35.6 Å². The number of rotatable bonds is 4. The molecule has 1 saturated carbocycles. The predicted molar refractivity (Wildman–Crippen MR) is 66.3 cm³/mol. The van der Waals surface area contributed by atoms with E-state index in [0.29, 0.717) is 12.6 Å². The van der Waals surface area contributed by atoms with Crippen LogP contribution in [0.1, 0.15) is 18.4 Å². The molecule has 0 spiro atoms. The fourth-order valence-electron chi connectivity index (χ4n) is 2.30. The fraction of sp³-hybridized carbons (Fsp3) is 0.500. The molecule has 1 amide bonds. The van der Waals surface area contributed by atoms with Crippen molar-refractivity contribution in [2.45, 2.75) is 25.4 Å². The van der Waals surface area contributed by atoms with Gasteiger partial charge in [0.15, 0.2) is 0 Å². The smallest absolute Gasteiger partial charge is 0.228 e. The Labute approximate surface area is 106 Å². The number of nitrogens with one attached hydrogen (secondary N) is 1. The molecule has 1 aromatic rings. The average molecular weight is 248 g/mol. The van der Waals surface area contributed by atoms with Gasteiger partial charge in [-0.05, 0) is 30.5 Å². The van der Waals surface area contributed by atoms with Crippen LogP contribution in [0, 0.1) is 11.7 Å². The first-order valence-corrected chi connectivity index (χ1v) is 6.49. The maximum atomic E-state index is 13.2. The largest absolute Gasteiger partial charge is 0.335 e. The van der Waals surface area contributed by atoms with Gasteiger partial charge in [0.25, 0.3) is 0 Å². The Kier molecular flexibility index (Phi) is 3.04. The highest BCUT2D eigenvalue weighted by atomic mass is 19.1. The molecule has 1 heterocycles. The molecule has 2 fully saturated rings. The fourth-order valence-corrected chi connectivity index (χ4v) is 2.30. The molecule has 18 heavy (non-hydrogen) atoms. The van der Waals surface area contributed by atoms with E-state index in [1.807, 2.05) is 11.0 Å². The van der Waals surface area contributed by atoms with Crippen LogP contribution < -0.4 is 5.32 Å². The van der Waals surface area contributed by atoms with Crippen LogP contribution in [-0.4, -0.2) is 29.9 Å². The zero-order valence-corrected chi connectivity index (χ0v) is 10.2. The van der Waals surface area contributed by atoms with Gasteiger partial charge in [0.1, 0.15) is 5.82 Å². The van der Waals surface area contributed by atoms with Crippen LogP contribution in [0.15, 0.2) is 24.3 Å². The van der Waals surface area contributed by atoms with Crippen LogP contribution in [-0.2, 0) is 11.3 Å². The van der Waals surface area contributed by atoms with Crippen molar-refractivity contribution in [2.75, 3.05) is 13.1 Å². The summed E-state index contributed by atoms with van der Waals surface area (Å²) in [4.78, 5) is 14.2. The minimum Gasteiger partial charge on any atom is -0.335 e. The number of hydrogen-bond acceptors (Lipinski definition) is 2. The summed E-state index contributed by atoms with van der Waals surface area (Å²) in [5.41, 5.74) is 0.877. The van der Waals surface area contributed by atoms with E-state index in [4.69, 9.17) is 0 Å². The van der Waals surface area contributed by atoms with E-state index in [1.54, 1.807) is 6.07 Å². The summed E-state index contributed by atoms with van der Waals surface area (Å²) in [7, 11) is 0. The lowest BCUT2D eigenvalue weighted by Gasteiger charge is -2.32. The Morgan fingerprint density at radius 3 is 2.72 bits per heavy atom. The van der Waals surface area contributed by atoms with Gasteiger partial charge in [0, 0.05) is 25.7 Å². The third-order valence-electron chi connectivity index (χ3n) is 3.64. The lowest BCUT2D eigenvalue weighted by Crippen LogP contribution is -2.52. The molecule has 0 aromatic heterocycles. The molecule has 1 N–H and O–H groups in total. The summed E-state index contributed by atoms with van der Waals surface area (Å²) < 4.78 is 13.2. The summed E-state index contributed by atoms with van der Waals surface area (Å²) >= 11 is 0. The second-order valence-corrected chi connectivity index (χ2v) is 5.18. The monoisotopic (exact) mass is 248 g/mol. The lowest BCUT2D eigenvalue weighted by molar-refractivity contribution is -0.138. The van der Waals surface area contributed by atoms with Crippen molar-refractivity contribution in [1.82, 2.24) is 10.2 Å². The van der Waals surface area contributed by atoms with Crippen LogP contribution in [0.5, 0.6) is 0 Å². The topological polar surface area (TPSA) is 32.3 Å². The SMILES string of the molecule is O=C(C1CNC1)N(Cc1cccc(F)c1)C1CC1. The molecule has 1 aliphatic carbocycles. The third-order valence-corrected chi connectivity index (χ3v) is 3.64. The predicted octanol–water partition coefficient (Wildman–Crippen LogP) is 1.54. The van der Waals surface area contributed by atoms with Crippen LogP contribution in [0.3, 0.4) is 0 Å². The van der Waals surface area contributed by atoms with Crippen molar-refractivity contribution in [3.8, 4) is 0 Å². The van der Waals surface area contributed by atoms with Crippen molar-refractivity contribution >= 4 is 5.91 Å². The minimum absolute atomic E-state index is 0.124. The van der Waals surface area contributed by atoms with Gasteiger partial charge in [-0.25, -0.2) is 4.39 Å². The maximum Gasteiger partial charge on any atom is 0.228 e. The molecule has 1 aromatic carbocycles. The highest BCUT2D eigenvalue weighted by Gasteiger charge is 2.37. The third kappa shape index (κ3) is 2.38. The van der Waals surface area contributed by atoms with Crippen LogP contribution in [0.25, 0.3) is 0 Å². The first-order valence-electron chi connectivity index (χ1n) is 6.49. The van der Waals surface area contributed by atoms with E-state index < -0.39 is 0 Å². The summed E-state index contributed by atoms with van der Waals surface area (Å²) in [6.45, 7) is 2.11. The molecule has 0 bridgehead atoms. The average Bonchev–Trinajstić information content (AvgIpc) is 3.07. The molecule has 4 heteroatoms.